The number of β-amino-alcohol motifs (C(OH)–C–C–N with tert-alkyl or cyclic N) is 1. The van der Waals surface area contributed by atoms with Crippen LogP contribution in [0.4, 0.5) is 0 Å². The van der Waals surface area contributed by atoms with Crippen LogP contribution in [0.5, 0.6) is 5.75 Å². The Hall–Kier alpha value is -2.99. The smallest absolute Gasteiger partial charge is 0.261 e. The van der Waals surface area contributed by atoms with E-state index in [1.54, 1.807) is 48.5 Å². The molecule has 0 saturated heterocycles. The molecule has 2 aromatic carbocycles. The number of benzene rings is 2. The van der Waals surface area contributed by atoms with E-state index >= 15 is 0 Å². The second kappa shape index (κ2) is 6.86. The van der Waals surface area contributed by atoms with Crippen molar-refractivity contribution in [1.29, 1.82) is 0 Å². The van der Waals surface area contributed by atoms with E-state index in [0.717, 1.165) is 4.90 Å². The minimum atomic E-state index is -1.02. The first-order chi connectivity index (χ1) is 12.0. The van der Waals surface area contributed by atoms with Crippen molar-refractivity contribution in [2.24, 2.45) is 0 Å². The Morgan fingerprint density at radius 3 is 2.12 bits per heavy atom. The van der Waals surface area contributed by atoms with Crippen molar-refractivity contribution in [1.82, 2.24) is 4.90 Å². The van der Waals surface area contributed by atoms with Gasteiger partial charge in [0.2, 0.25) is 0 Å². The van der Waals surface area contributed by atoms with E-state index in [1.165, 1.54) is 6.92 Å². The lowest BCUT2D eigenvalue weighted by molar-refractivity contribution is 0.0457. The van der Waals surface area contributed by atoms with Crippen LogP contribution in [0.2, 0.25) is 0 Å². The fourth-order valence-electron chi connectivity index (χ4n) is 2.65. The number of rotatable bonds is 6. The molecule has 3 rings (SSSR count). The second-order valence-corrected chi connectivity index (χ2v) is 5.81. The number of fused-ring (bicyclic) bond motifs is 1. The Labute approximate surface area is 144 Å². The van der Waals surface area contributed by atoms with Crippen LogP contribution < -0.4 is 4.74 Å². The van der Waals surface area contributed by atoms with Gasteiger partial charge in [0.05, 0.1) is 17.7 Å². The number of ether oxygens (including phenoxy) is 1. The number of ketones is 1. The average Bonchev–Trinajstić information content (AvgIpc) is 2.86. The maximum absolute atomic E-state index is 12.2. The second-order valence-electron chi connectivity index (χ2n) is 5.81. The van der Waals surface area contributed by atoms with E-state index in [2.05, 4.69) is 0 Å². The third-order valence-electron chi connectivity index (χ3n) is 3.97. The maximum atomic E-state index is 12.2. The molecule has 128 valence electrons. The first-order valence-electron chi connectivity index (χ1n) is 7.84. The molecule has 0 radical (unpaired) electrons. The molecule has 1 atom stereocenters. The Morgan fingerprint density at radius 2 is 1.60 bits per heavy atom. The number of carbonyl (C=O) groups excluding carboxylic acids is 3. The third-order valence-corrected chi connectivity index (χ3v) is 3.97. The molecule has 6 nitrogen and oxygen atoms in total. The van der Waals surface area contributed by atoms with E-state index in [1.807, 2.05) is 0 Å². The molecular formula is C19H17NO5. The van der Waals surface area contributed by atoms with Gasteiger partial charge in [-0.25, -0.2) is 0 Å². The molecule has 0 aromatic heterocycles. The van der Waals surface area contributed by atoms with Crippen LogP contribution in [0.25, 0.3) is 0 Å². The molecule has 25 heavy (non-hydrogen) atoms. The summed E-state index contributed by atoms with van der Waals surface area (Å²) in [6.45, 7) is 1.26. The summed E-state index contributed by atoms with van der Waals surface area (Å²) in [7, 11) is 0. The number of Topliss-reactive ketones (excluding diaryl/α,β-unsaturated/α-hetero) is 1. The summed E-state index contributed by atoms with van der Waals surface area (Å²) < 4.78 is 5.45. The molecule has 2 aromatic rings. The summed E-state index contributed by atoms with van der Waals surface area (Å²) in [5.74, 6) is -0.375. The highest BCUT2D eigenvalue weighted by atomic mass is 16.5. The Morgan fingerprint density at radius 1 is 1.04 bits per heavy atom. The summed E-state index contributed by atoms with van der Waals surface area (Å²) in [5, 5.41) is 10.1. The van der Waals surface area contributed by atoms with Crippen LogP contribution in [0.15, 0.2) is 48.5 Å². The zero-order valence-electron chi connectivity index (χ0n) is 13.6. The number of imide groups is 1. The molecule has 0 bridgehead atoms. The fraction of sp³-hybridized carbons (Fsp3) is 0.211. The van der Waals surface area contributed by atoms with E-state index in [4.69, 9.17) is 4.74 Å². The molecule has 1 N–H and O–H groups in total. The van der Waals surface area contributed by atoms with Gasteiger partial charge >= 0.3 is 0 Å². The van der Waals surface area contributed by atoms with Gasteiger partial charge in [0.25, 0.3) is 11.8 Å². The van der Waals surface area contributed by atoms with Gasteiger partial charge in [0.1, 0.15) is 18.5 Å². The molecule has 0 spiro atoms. The summed E-state index contributed by atoms with van der Waals surface area (Å²) in [6.07, 6.45) is -1.02. The highest BCUT2D eigenvalue weighted by Crippen LogP contribution is 2.22. The largest absolute Gasteiger partial charge is 0.491 e. The van der Waals surface area contributed by atoms with Crippen molar-refractivity contribution in [2.45, 2.75) is 13.0 Å². The van der Waals surface area contributed by atoms with Gasteiger partial charge < -0.3 is 9.84 Å². The van der Waals surface area contributed by atoms with Crippen molar-refractivity contribution in [3.63, 3.8) is 0 Å². The number of aliphatic hydroxyl groups excluding tert-OH is 1. The van der Waals surface area contributed by atoms with Crippen molar-refractivity contribution in [2.75, 3.05) is 13.2 Å². The zero-order valence-corrected chi connectivity index (χ0v) is 13.6. The lowest BCUT2D eigenvalue weighted by atomic mass is 10.1. The van der Waals surface area contributed by atoms with Crippen molar-refractivity contribution < 1.29 is 24.2 Å². The molecule has 6 heteroatoms. The molecule has 1 unspecified atom stereocenters. The van der Waals surface area contributed by atoms with Gasteiger partial charge in [-0.3, -0.25) is 19.3 Å². The summed E-state index contributed by atoms with van der Waals surface area (Å²) in [6, 6.07) is 13.1. The number of aliphatic hydroxyl groups is 1. The summed E-state index contributed by atoms with van der Waals surface area (Å²) in [5.41, 5.74) is 1.26. The Balaban J connectivity index is 1.58. The van der Waals surface area contributed by atoms with Crippen LogP contribution >= 0.6 is 0 Å². The number of hydrogen-bond donors (Lipinski definition) is 1. The predicted octanol–water partition coefficient (Wildman–Crippen LogP) is 1.93. The Bertz CT molecular complexity index is 793. The standard InChI is InChI=1S/C19H17NO5/c1-12(21)13-6-8-15(9-7-13)25-11-14(22)10-20-18(23)16-4-2-3-5-17(16)19(20)24/h2-9,14,22H,10-11H2,1H3. The summed E-state index contributed by atoms with van der Waals surface area (Å²) >= 11 is 0. The van der Waals surface area contributed by atoms with E-state index in [-0.39, 0.29) is 18.9 Å². The quantitative estimate of drug-likeness (QED) is 0.642. The van der Waals surface area contributed by atoms with Gasteiger partial charge in [-0.2, -0.15) is 0 Å². The van der Waals surface area contributed by atoms with Crippen LogP contribution in [0.1, 0.15) is 38.0 Å². The van der Waals surface area contributed by atoms with Gasteiger partial charge in [0.15, 0.2) is 5.78 Å². The van der Waals surface area contributed by atoms with E-state index < -0.39 is 17.9 Å². The molecule has 0 saturated carbocycles. The summed E-state index contributed by atoms with van der Waals surface area (Å²) in [4.78, 5) is 36.7. The molecule has 2 amide bonds. The van der Waals surface area contributed by atoms with Crippen LogP contribution in [0.3, 0.4) is 0 Å². The highest BCUT2D eigenvalue weighted by molar-refractivity contribution is 6.21. The lowest BCUT2D eigenvalue weighted by Gasteiger charge is -2.18. The third kappa shape index (κ3) is 3.44. The van der Waals surface area contributed by atoms with Gasteiger partial charge in [-0.15, -0.1) is 0 Å². The first-order valence-corrected chi connectivity index (χ1v) is 7.84. The minimum absolute atomic E-state index is 0.0443. The predicted molar refractivity (Wildman–Crippen MR) is 89.8 cm³/mol. The average molecular weight is 339 g/mol. The number of nitrogens with zero attached hydrogens (tertiary/aromatic N) is 1. The molecular weight excluding hydrogens is 322 g/mol. The zero-order chi connectivity index (χ0) is 18.0. The molecule has 1 heterocycles. The lowest BCUT2D eigenvalue weighted by Crippen LogP contribution is -2.39. The number of hydrogen-bond acceptors (Lipinski definition) is 5. The maximum Gasteiger partial charge on any atom is 0.261 e. The SMILES string of the molecule is CC(=O)c1ccc(OCC(O)CN2C(=O)c3ccccc3C2=O)cc1. The van der Waals surface area contributed by atoms with Crippen LogP contribution in [0, 0.1) is 0 Å². The van der Waals surface area contributed by atoms with Crippen LogP contribution in [-0.4, -0.2) is 46.9 Å². The van der Waals surface area contributed by atoms with Crippen LogP contribution in [-0.2, 0) is 0 Å². The molecule has 0 aliphatic carbocycles. The first kappa shape index (κ1) is 16.9. The van der Waals surface area contributed by atoms with Crippen molar-refractivity contribution >= 4 is 17.6 Å². The van der Waals surface area contributed by atoms with Gasteiger partial charge in [-0.05, 0) is 43.3 Å². The van der Waals surface area contributed by atoms with E-state index in [0.29, 0.717) is 22.4 Å². The highest BCUT2D eigenvalue weighted by Gasteiger charge is 2.36. The Kier molecular flexibility index (Phi) is 4.63. The normalized spacial score (nSPS) is 14.4. The molecule has 0 fully saturated rings. The monoisotopic (exact) mass is 339 g/mol. The molecule has 1 aliphatic heterocycles. The topological polar surface area (TPSA) is 83.9 Å². The fourth-order valence-corrected chi connectivity index (χ4v) is 2.65. The van der Waals surface area contributed by atoms with Gasteiger partial charge in [0, 0.05) is 5.56 Å². The number of amides is 2. The minimum Gasteiger partial charge on any atom is -0.491 e. The van der Waals surface area contributed by atoms with Crippen molar-refractivity contribution in [3.05, 3.63) is 65.2 Å². The van der Waals surface area contributed by atoms with E-state index in [9.17, 15) is 19.5 Å². The van der Waals surface area contributed by atoms with Gasteiger partial charge in [-0.1, -0.05) is 12.1 Å². The van der Waals surface area contributed by atoms with Crippen molar-refractivity contribution in [3.8, 4) is 5.75 Å². The molecule has 1 aliphatic rings. The number of carbonyl (C=O) groups is 3.